The molecule has 0 N–H and O–H groups in total. The Labute approximate surface area is 107 Å². The molecule has 1 nitrogen and oxygen atoms in total. The molecule has 0 radical (unpaired) electrons. The normalized spacial score (nSPS) is 6.57. The minimum Gasteiger partial charge on any atom is 1.00 e. The van der Waals surface area contributed by atoms with E-state index in [1.807, 2.05) is 19.0 Å². The van der Waals surface area contributed by atoms with E-state index in [2.05, 4.69) is 28.2 Å². The second-order valence-corrected chi connectivity index (χ2v) is 2.94. The van der Waals surface area contributed by atoms with Crippen LogP contribution in [0.2, 0.25) is 0 Å². The third-order valence-corrected chi connectivity index (χ3v) is 1.50. The molecule has 0 aliphatic heterocycles. The average molecular weight is 253 g/mol. The van der Waals surface area contributed by atoms with Crippen molar-refractivity contribution in [3.8, 4) is 0 Å². The predicted octanol–water partition coefficient (Wildman–Crippen LogP) is -2.99. The number of hydrogen-bond acceptors (Lipinski definition) is 1. The zero-order valence-corrected chi connectivity index (χ0v) is 12.2. The molecule has 36 valence electrons. The summed E-state index contributed by atoms with van der Waals surface area (Å²) in [6, 6.07) is 0. The molecule has 0 amide bonds. The van der Waals surface area contributed by atoms with Gasteiger partial charge in [-0.2, -0.15) is 0 Å². The molecule has 0 heterocycles. The van der Waals surface area contributed by atoms with Crippen LogP contribution in [0.5, 0.6) is 0 Å². The van der Waals surface area contributed by atoms with Crippen LogP contribution in [-0.2, 0) is 0 Å². The van der Waals surface area contributed by atoms with E-state index in [4.69, 9.17) is 0 Å². The molecule has 0 aliphatic carbocycles. The largest absolute Gasteiger partial charge is 1.00 e. The fourth-order valence-corrected chi connectivity index (χ4v) is 0. The van der Waals surface area contributed by atoms with Crippen LogP contribution in [0.1, 0.15) is 0 Å². The third-order valence-electron chi connectivity index (χ3n) is 0.365. The molecule has 0 atom stereocenters. The molecule has 0 spiro atoms. The third kappa shape index (κ3) is 8.21. The molecule has 0 bridgehead atoms. The van der Waals surface area contributed by atoms with Crippen molar-refractivity contribution in [1.82, 2.24) is 4.90 Å². The first kappa shape index (κ1) is 11.9. The summed E-state index contributed by atoms with van der Waals surface area (Å²) >= 11 is 7.39. The van der Waals surface area contributed by atoms with Crippen molar-refractivity contribution in [1.29, 1.82) is 0 Å². The van der Waals surface area contributed by atoms with E-state index in [1.165, 1.54) is 0 Å². The van der Waals surface area contributed by atoms with E-state index >= 15 is 0 Å². The molecule has 0 aliphatic rings. The Morgan fingerprint density at radius 3 is 1.71 bits per heavy atom. The number of thiocarbonyl (C=S) groups is 1. The minimum absolute atomic E-state index is 0. The van der Waals surface area contributed by atoms with E-state index in [1.54, 1.807) is 0 Å². The van der Waals surface area contributed by atoms with Gasteiger partial charge in [-0.15, -0.1) is 0 Å². The van der Waals surface area contributed by atoms with E-state index in [0.29, 0.717) is 0 Å². The molecule has 0 saturated carbocycles. The van der Waals surface area contributed by atoms with Crippen molar-refractivity contribution in [3.63, 3.8) is 0 Å². The SMILES string of the molecule is CN(C)C(=S)[Se-].[Rb+]. The summed E-state index contributed by atoms with van der Waals surface area (Å²) < 4.78 is 0.801. The predicted molar refractivity (Wildman–Crippen MR) is 32.0 cm³/mol. The van der Waals surface area contributed by atoms with Gasteiger partial charge in [0.25, 0.3) is 0 Å². The first-order chi connectivity index (χ1) is 2.64. The summed E-state index contributed by atoms with van der Waals surface area (Å²) in [6.45, 7) is 0. The van der Waals surface area contributed by atoms with Crippen LogP contribution in [0.25, 0.3) is 0 Å². The van der Waals surface area contributed by atoms with Crippen LogP contribution in [-0.4, -0.2) is 38.9 Å². The van der Waals surface area contributed by atoms with Crippen LogP contribution in [0.3, 0.4) is 0 Å². The van der Waals surface area contributed by atoms with Crippen molar-refractivity contribution in [3.05, 3.63) is 0 Å². The van der Waals surface area contributed by atoms with Gasteiger partial charge in [0, 0.05) is 0 Å². The molecular weight excluding hydrogens is 247 g/mol. The Balaban J connectivity index is 0. The molecule has 7 heavy (non-hydrogen) atoms. The summed E-state index contributed by atoms with van der Waals surface area (Å²) in [5.74, 6) is 0. The molecule has 0 aromatic rings. The van der Waals surface area contributed by atoms with Gasteiger partial charge in [-0.1, -0.05) is 0 Å². The second-order valence-electron chi connectivity index (χ2n) is 1.16. The quantitative estimate of drug-likeness (QED) is 0.334. The summed E-state index contributed by atoms with van der Waals surface area (Å²) in [7, 11) is 3.80. The molecule has 0 fully saturated rings. The molecule has 0 aromatic heterocycles. The van der Waals surface area contributed by atoms with Gasteiger partial charge in [-0.25, -0.2) is 0 Å². The molecule has 0 aromatic carbocycles. The molecular formula is C3H6NRbSSe. The average Bonchev–Trinajstić information content (AvgIpc) is 1.36. The zero-order chi connectivity index (χ0) is 5.15. The Bertz CT molecular complexity index is 66.0. The van der Waals surface area contributed by atoms with Gasteiger partial charge in [0.2, 0.25) is 0 Å². The van der Waals surface area contributed by atoms with Crippen molar-refractivity contribution in [2.45, 2.75) is 0 Å². The summed E-state index contributed by atoms with van der Waals surface area (Å²) in [4.78, 5) is 1.84. The van der Waals surface area contributed by atoms with Crippen molar-refractivity contribution >= 4 is 32.1 Å². The smallest absolute Gasteiger partial charge is 1.00 e. The van der Waals surface area contributed by atoms with Gasteiger partial charge >= 0.3 is 109 Å². The van der Waals surface area contributed by atoms with E-state index < -0.39 is 0 Å². The van der Waals surface area contributed by atoms with E-state index in [9.17, 15) is 0 Å². The Hall–Kier alpha value is 2.21. The number of rotatable bonds is 0. The van der Waals surface area contributed by atoms with Crippen molar-refractivity contribution in [2.75, 3.05) is 14.1 Å². The maximum atomic E-state index is 4.69. The summed E-state index contributed by atoms with van der Waals surface area (Å²) in [6.07, 6.45) is 0. The van der Waals surface area contributed by atoms with Gasteiger partial charge in [0.05, 0.1) is 0 Å². The first-order valence-corrected chi connectivity index (χ1v) is 2.79. The van der Waals surface area contributed by atoms with Crippen LogP contribution in [0.4, 0.5) is 0 Å². The standard InChI is InChI=1S/C3H7NSSe.Rb/c1-4(2)3(5)6;/h1-2H3,(H,5,6);/q;+1/p-1. The fraction of sp³-hybridized carbons (Fsp3) is 0.667. The molecule has 0 unspecified atom stereocenters. The summed E-state index contributed by atoms with van der Waals surface area (Å²) in [5, 5.41) is 0. The number of nitrogens with zero attached hydrogens (tertiary/aromatic N) is 1. The fourth-order valence-electron chi connectivity index (χ4n) is 0. The van der Waals surface area contributed by atoms with Crippen molar-refractivity contribution in [2.24, 2.45) is 0 Å². The Morgan fingerprint density at radius 2 is 1.71 bits per heavy atom. The second kappa shape index (κ2) is 6.34. The monoisotopic (exact) mass is 253 g/mol. The van der Waals surface area contributed by atoms with Gasteiger partial charge < -0.3 is 0 Å². The summed E-state index contributed by atoms with van der Waals surface area (Å²) in [5.41, 5.74) is 0. The Kier molecular flexibility index (Phi) is 10.8. The first-order valence-electron chi connectivity index (χ1n) is 1.53. The van der Waals surface area contributed by atoms with Crippen molar-refractivity contribution < 1.29 is 58.2 Å². The van der Waals surface area contributed by atoms with Gasteiger partial charge in [-0.05, 0) is 0 Å². The van der Waals surface area contributed by atoms with E-state index in [0.717, 1.165) is 3.89 Å². The maximum Gasteiger partial charge on any atom is 1.00 e. The van der Waals surface area contributed by atoms with Gasteiger partial charge in [0.1, 0.15) is 0 Å². The van der Waals surface area contributed by atoms with Crippen LogP contribution < -0.4 is 58.2 Å². The van der Waals surface area contributed by atoms with Gasteiger partial charge in [-0.3, -0.25) is 0 Å². The molecule has 0 saturated heterocycles. The zero-order valence-electron chi connectivity index (χ0n) is 4.76. The van der Waals surface area contributed by atoms with E-state index in [-0.39, 0.29) is 58.2 Å². The van der Waals surface area contributed by atoms with Crippen LogP contribution >= 0.6 is 12.2 Å². The number of hydrogen-bond donors (Lipinski definition) is 0. The van der Waals surface area contributed by atoms with Crippen LogP contribution in [0.15, 0.2) is 0 Å². The van der Waals surface area contributed by atoms with Gasteiger partial charge in [0.15, 0.2) is 0 Å². The Morgan fingerprint density at radius 1 is 1.57 bits per heavy atom. The minimum atomic E-state index is 0. The molecule has 0 rings (SSSR count). The molecule has 4 heteroatoms. The van der Waals surface area contributed by atoms with Crippen LogP contribution in [0, 0.1) is 0 Å². The maximum absolute atomic E-state index is 4.69. The topological polar surface area (TPSA) is 3.24 Å².